The maximum atomic E-state index is 10.7. The third-order valence-corrected chi connectivity index (χ3v) is 2.65. The number of rotatable bonds is 4. The zero-order chi connectivity index (χ0) is 13.1. The molecule has 0 unspecified atom stereocenters. The molecule has 0 aliphatic rings. The van der Waals surface area contributed by atoms with E-state index in [2.05, 4.69) is 9.97 Å². The molecule has 2 rings (SSSR count). The van der Waals surface area contributed by atoms with E-state index in [1.54, 1.807) is 6.07 Å². The predicted octanol–water partition coefficient (Wildman–Crippen LogP) is 1.79. The number of hydrogen-bond acceptors (Lipinski definition) is 4. The summed E-state index contributed by atoms with van der Waals surface area (Å²) in [5.74, 6) is 0.802. The summed E-state index contributed by atoms with van der Waals surface area (Å²) in [6.07, 6.45) is 0.662. The van der Waals surface area contributed by atoms with Crippen molar-refractivity contribution < 1.29 is 4.92 Å². The van der Waals surface area contributed by atoms with E-state index >= 15 is 0 Å². The third kappa shape index (κ3) is 2.38. The fraction of sp³-hybridized carbons (Fsp3) is 0.250. The molecule has 2 aromatic rings. The molecule has 0 fully saturated rings. The molecule has 1 heterocycles. The van der Waals surface area contributed by atoms with Gasteiger partial charge in [-0.25, -0.2) is 4.98 Å². The van der Waals surface area contributed by atoms with Gasteiger partial charge in [0.2, 0.25) is 0 Å². The van der Waals surface area contributed by atoms with Crippen LogP contribution in [0.3, 0.4) is 0 Å². The number of hydrogen-bond donors (Lipinski definition) is 2. The van der Waals surface area contributed by atoms with Crippen LogP contribution in [0, 0.1) is 17.0 Å². The van der Waals surface area contributed by atoms with Gasteiger partial charge in [-0.3, -0.25) is 10.1 Å². The van der Waals surface area contributed by atoms with Gasteiger partial charge in [0.25, 0.3) is 5.69 Å². The van der Waals surface area contributed by atoms with Crippen LogP contribution in [0.4, 0.5) is 5.69 Å². The van der Waals surface area contributed by atoms with Gasteiger partial charge >= 0.3 is 0 Å². The van der Waals surface area contributed by atoms with Crippen molar-refractivity contribution in [2.45, 2.75) is 13.3 Å². The van der Waals surface area contributed by atoms with Crippen LogP contribution >= 0.6 is 0 Å². The van der Waals surface area contributed by atoms with E-state index in [-0.39, 0.29) is 5.69 Å². The molecular formula is C12H14N4O2. The van der Waals surface area contributed by atoms with Crippen LogP contribution in [0.1, 0.15) is 11.5 Å². The number of non-ortho nitro benzene ring substituents is 1. The lowest BCUT2D eigenvalue weighted by molar-refractivity contribution is -0.384. The molecule has 1 aromatic carbocycles. The van der Waals surface area contributed by atoms with Crippen molar-refractivity contribution in [1.82, 2.24) is 9.97 Å². The molecule has 0 aliphatic heterocycles. The van der Waals surface area contributed by atoms with Crippen molar-refractivity contribution in [3.05, 3.63) is 45.9 Å². The van der Waals surface area contributed by atoms with Gasteiger partial charge in [-0.1, -0.05) is 12.1 Å². The Bertz CT molecular complexity index is 577. The van der Waals surface area contributed by atoms with Gasteiger partial charge in [0.1, 0.15) is 5.82 Å². The van der Waals surface area contributed by atoms with Crippen LogP contribution in [0.15, 0.2) is 24.3 Å². The van der Waals surface area contributed by atoms with Crippen molar-refractivity contribution in [3.8, 4) is 11.3 Å². The molecule has 0 radical (unpaired) electrons. The van der Waals surface area contributed by atoms with Crippen molar-refractivity contribution in [2.75, 3.05) is 6.54 Å². The Hall–Kier alpha value is -2.21. The molecule has 1 aromatic heterocycles. The minimum absolute atomic E-state index is 0.0651. The first-order valence-corrected chi connectivity index (χ1v) is 5.62. The van der Waals surface area contributed by atoms with Gasteiger partial charge in [-0.15, -0.1) is 0 Å². The second-order valence-corrected chi connectivity index (χ2v) is 4.00. The van der Waals surface area contributed by atoms with E-state index < -0.39 is 4.92 Å². The minimum atomic E-state index is -0.410. The summed E-state index contributed by atoms with van der Waals surface area (Å²) in [5, 5.41) is 10.7. The summed E-state index contributed by atoms with van der Waals surface area (Å²) in [5.41, 5.74) is 7.90. The fourth-order valence-electron chi connectivity index (χ4n) is 1.83. The van der Waals surface area contributed by atoms with Crippen LogP contribution in [-0.4, -0.2) is 21.4 Å². The highest BCUT2D eigenvalue weighted by atomic mass is 16.6. The third-order valence-electron chi connectivity index (χ3n) is 2.65. The van der Waals surface area contributed by atoms with E-state index in [4.69, 9.17) is 5.73 Å². The van der Waals surface area contributed by atoms with Crippen LogP contribution in [0.2, 0.25) is 0 Å². The van der Waals surface area contributed by atoms with Gasteiger partial charge in [0.15, 0.2) is 0 Å². The number of aromatic nitrogens is 2. The molecule has 18 heavy (non-hydrogen) atoms. The fourth-order valence-corrected chi connectivity index (χ4v) is 1.83. The lowest BCUT2D eigenvalue weighted by atomic mass is 10.1. The number of nitrogens with zero attached hydrogens (tertiary/aromatic N) is 2. The number of aryl methyl sites for hydroxylation is 1. The predicted molar refractivity (Wildman–Crippen MR) is 68.2 cm³/mol. The molecular weight excluding hydrogens is 232 g/mol. The molecule has 3 N–H and O–H groups in total. The highest BCUT2D eigenvalue weighted by Crippen LogP contribution is 2.24. The second-order valence-electron chi connectivity index (χ2n) is 4.00. The molecule has 0 atom stereocenters. The van der Waals surface area contributed by atoms with Gasteiger partial charge in [0.05, 0.1) is 10.6 Å². The number of nitrogens with one attached hydrogen (secondary N) is 1. The van der Waals surface area contributed by atoms with E-state index in [1.807, 2.05) is 13.0 Å². The maximum Gasteiger partial charge on any atom is 0.270 e. The summed E-state index contributed by atoms with van der Waals surface area (Å²) in [6.45, 7) is 2.41. The first-order valence-electron chi connectivity index (χ1n) is 5.62. The van der Waals surface area contributed by atoms with Crippen LogP contribution < -0.4 is 5.73 Å². The first kappa shape index (κ1) is 12.3. The van der Waals surface area contributed by atoms with Gasteiger partial charge in [0, 0.05) is 29.8 Å². The molecule has 6 heteroatoms. The Labute approximate surface area is 104 Å². The van der Waals surface area contributed by atoms with Crippen molar-refractivity contribution in [3.63, 3.8) is 0 Å². The van der Waals surface area contributed by atoms with Crippen LogP contribution in [0.5, 0.6) is 0 Å². The Morgan fingerprint density at radius 3 is 2.94 bits per heavy atom. The number of nitrogens with two attached hydrogens (primary N) is 1. The number of nitro groups is 1. The Morgan fingerprint density at radius 2 is 2.28 bits per heavy atom. The maximum absolute atomic E-state index is 10.7. The van der Waals surface area contributed by atoms with Crippen LogP contribution in [0.25, 0.3) is 11.3 Å². The monoisotopic (exact) mass is 246 g/mol. The normalized spacial score (nSPS) is 10.6. The molecule has 0 amide bonds. The summed E-state index contributed by atoms with van der Waals surface area (Å²) in [6, 6.07) is 6.45. The number of imidazole rings is 1. The molecule has 0 saturated heterocycles. The van der Waals surface area contributed by atoms with Crippen molar-refractivity contribution in [1.29, 1.82) is 0 Å². The average Bonchev–Trinajstić information content (AvgIpc) is 2.71. The quantitative estimate of drug-likeness (QED) is 0.634. The second kappa shape index (κ2) is 4.97. The number of benzene rings is 1. The minimum Gasteiger partial charge on any atom is -0.346 e. The molecule has 0 bridgehead atoms. The van der Waals surface area contributed by atoms with Gasteiger partial charge < -0.3 is 10.7 Å². The molecule has 0 aliphatic carbocycles. The molecule has 94 valence electrons. The highest BCUT2D eigenvalue weighted by molar-refractivity contribution is 5.64. The smallest absolute Gasteiger partial charge is 0.270 e. The average molecular weight is 246 g/mol. The lowest BCUT2D eigenvalue weighted by Gasteiger charge is -1.98. The number of H-pyrrole nitrogens is 1. The topological polar surface area (TPSA) is 97.8 Å². The summed E-state index contributed by atoms with van der Waals surface area (Å²) < 4.78 is 0. The zero-order valence-electron chi connectivity index (χ0n) is 10.0. The van der Waals surface area contributed by atoms with Gasteiger partial charge in [-0.2, -0.15) is 0 Å². The first-order chi connectivity index (χ1) is 8.61. The Kier molecular flexibility index (Phi) is 3.38. The van der Waals surface area contributed by atoms with Crippen molar-refractivity contribution >= 4 is 5.69 Å². The standard InChI is InChI=1S/C12H14N4O2/c1-8-12(15-11(14-8)5-6-13)9-3-2-4-10(7-9)16(17)18/h2-4,7H,5-6,13H2,1H3,(H,14,15). The molecule has 0 spiro atoms. The molecule has 0 saturated carbocycles. The Morgan fingerprint density at radius 1 is 1.50 bits per heavy atom. The number of aromatic amines is 1. The summed E-state index contributed by atoms with van der Waals surface area (Å²) >= 11 is 0. The summed E-state index contributed by atoms with van der Waals surface area (Å²) in [4.78, 5) is 17.9. The van der Waals surface area contributed by atoms with E-state index in [0.717, 1.165) is 22.8 Å². The Balaban J connectivity index is 2.41. The lowest BCUT2D eigenvalue weighted by Crippen LogP contribution is -2.03. The van der Waals surface area contributed by atoms with E-state index in [0.29, 0.717) is 13.0 Å². The largest absolute Gasteiger partial charge is 0.346 e. The van der Waals surface area contributed by atoms with E-state index in [1.165, 1.54) is 12.1 Å². The van der Waals surface area contributed by atoms with Crippen molar-refractivity contribution in [2.24, 2.45) is 5.73 Å². The zero-order valence-corrected chi connectivity index (χ0v) is 10.0. The van der Waals surface area contributed by atoms with Gasteiger partial charge in [-0.05, 0) is 13.5 Å². The van der Waals surface area contributed by atoms with Crippen LogP contribution in [-0.2, 0) is 6.42 Å². The molecule has 6 nitrogen and oxygen atoms in total. The van der Waals surface area contributed by atoms with E-state index in [9.17, 15) is 10.1 Å². The SMILES string of the molecule is Cc1[nH]c(CCN)nc1-c1cccc([N+](=O)[O-])c1. The summed E-state index contributed by atoms with van der Waals surface area (Å²) in [7, 11) is 0. The number of nitro benzene ring substituents is 1. The highest BCUT2D eigenvalue weighted by Gasteiger charge is 2.12.